The van der Waals surface area contributed by atoms with Gasteiger partial charge in [-0.2, -0.15) is 0 Å². The average Bonchev–Trinajstić information content (AvgIpc) is 2.56. The first-order valence-electron chi connectivity index (χ1n) is 6.84. The molecule has 0 saturated carbocycles. The Balaban J connectivity index is 0.00000161. The van der Waals surface area contributed by atoms with Crippen molar-refractivity contribution < 1.29 is 17.4 Å². The van der Waals surface area contributed by atoms with Gasteiger partial charge < -0.3 is 6.92 Å². The molecule has 1 heteroatoms. The minimum Gasteiger partial charge on any atom is -0.324 e. The molecular weight excluding hydrogens is 292 g/mol. The van der Waals surface area contributed by atoms with Gasteiger partial charge in [0.1, 0.15) is 0 Å². The molecule has 0 radical (unpaired) electrons. The van der Waals surface area contributed by atoms with Crippen LogP contribution < -0.4 is 0 Å². The van der Waals surface area contributed by atoms with Crippen LogP contribution in [0.5, 0.6) is 0 Å². The number of hydrogen-bond donors (Lipinski definition) is 0. The van der Waals surface area contributed by atoms with Crippen LogP contribution >= 0.6 is 0 Å². The Labute approximate surface area is 137 Å². The summed E-state index contributed by atoms with van der Waals surface area (Å²) < 4.78 is 0. The molecule has 0 unspecified atom stereocenters. The topological polar surface area (TPSA) is 0 Å². The molecule has 0 amide bonds. The predicted octanol–water partition coefficient (Wildman–Crippen LogP) is 4.85. The first kappa shape index (κ1) is 15.6. The van der Waals surface area contributed by atoms with Gasteiger partial charge in [0.15, 0.2) is 0 Å². The van der Waals surface area contributed by atoms with E-state index in [2.05, 4.69) is 79.7 Å². The average molecular weight is 309 g/mol. The van der Waals surface area contributed by atoms with Crippen molar-refractivity contribution in [2.24, 2.45) is 0 Å². The molecule has 3 rings (SSSR count). The normalized spacial score (nSPS) is 10.7. The summed E-state index contributed by atoms with van der Waals surface area (Å²) in [7, 11) is 0. The van der Waals surface area contributed by atoms with Crippen LogP contribution in [0.3, 0.4) is 0 Å². The third-order valence-electron chi connectivity index (χ3n) is 3.80. The fourth-order valence-electron chi connectivity index (χ4n) is 2.67. The minimum atomic E-state index is -0.371. The Morgan fingerprint density at radius 2 is 0.714 bits per heavy atom. The molecule has 3 aromatic carbocycles. The van der Waals surface area contributed by atoms with Crippen LogP contribution in [0.4, 0.5) is 0 Å². The van der Waals surface area contributed by atoms with Crippen molar-refractivity contribution in [2.45, 2.75) is 5.41 Å². The van der Waals surface area contributed by atoms with Gasteiger partial charge in [0, 0.05) is 17.4 Å². The molecular formula is C20H17Cr-. The zero-order valence-electron chi connectivity index (χ0n) is 11.8. The minimum absolute atomic E-state index is 0. The molecule has 0 aliphatic carbocycles. The standard InChI is InChI=1S/C20H17.Cr/c1-20(17-11-5-2-6-12-17,18-13-7-3-8-14-18)19-15-9-4-10-16-19;/h2-16H,1H2;/q-1;. The van der Waals surface area contributed by atoms with Gasteiger partial charge in [0.25, 0.3) is 0 Å². The van der Waals surface area contributed by atoms with Gasteiger partial charge in [-0.3, -0.25) is 0 Å². The zero-order valence-corrected chi connectivity index (χ0v) is 13.1. The van der Waals surface area contributed by atoms with E-state index in [0.717, 1.165) is 0 Å². The van der Waals surface area contributed by atoms with Crippen molar-refractivity contribution in [1.29, 1.82) is 0 Å². The smallest absolute Gasteiger partial charge is 0 e. The van der Waals surface area contributed by atoms with Crippen LogP contribution in [-0.2, 0) is 22.8 Å². The summed E-state index contributed by atoms with van der Waals surface area (Å²) in [5.74, 6) is 0. The van der Waals surface area contributed by atoms with Crippen LogP contribution in [0.1, 0.15) is 16.7 Å². The van der Waals surface area contributed by atoms with Crippen LogP contribution in [0, 0.1) is 6.92 Å². The monoisotopic (exact) mass is 309 g/mol. The molecule has 104 valence electrons. The van der Waals surface area contributed by atoms with E-state index in [1.54, 1.807) is 0 Å². The molecule has 0 aliphatic heterocycles. The number of benzene rings is 3. The third kappa shape index (κ3) is 2.95. The molecule has 0 spiro atoms. The van der Waals surface area contributed by atoms with Gasteiger partial charge >= 0.3 is 0 Å². The predicted molar refractivity (Wildman–Crippen MR) is 84.6 cm³/mol. The molecule has 3 aromatic rings. The molecule has 0 aliphatic rings. The van der Waals surface area contributed by atoms with E-state index in [9.17, 15) is 0 Å². The van der Waals surface area contributed by atoms with E-state index in [0.29, 0.717) is 0 Å². The van der Waals surface area contributed by atoms with E-state index in [4.69, 9.17) is 0 Å². The van der Waals surface area contributed by atoms with Crippen molar-refractivity contribution >= 4 is 0 Å². The quantitative estimate of drug-likeness (QED) is 0.479. The summed E-state index contributed by atoms with van der Waals surface area (Å²) >= 11 is 0. The van der Waals surface area contributed by atoms with E-state index < -0.39 is 0 Å². The first-order chi connectivity index (χ1) is 9.82. The van der Waals surface area contributed by atoms with E-state index in [1.807, 2.05) is 18.2 Å². The van der Waals surface area contributed by atoms with Gasteiger partial charge in [-0.15, -0.1) is 0 Å². The second-order valence-electron chi connectivity index (χ2n) is 5.00. The maximum atomic E-state index is 4.58. The maximum Gasteiger partial charge on any atom is 0 e. The van der Waals surface area contributed by atoms with Crippen LogP contribution in [0.25, 0.3) is 0 Å². The second-order valence-corrected chi connectivity index (χ2v) is 5.00. The van der Waals surface area contributed by atoms with Crippen molar-refractivity contribution in [3.63, 3.8) is 0 Å². The molecule has 0 aromatic heterocycles. The van der Waals surface area contributed by atoms with Crippen LogP contribution in [0.15, 0.2) is 91.0 Å². The molecule has 0 heterocycles. The Kier molecular flexibility index (Phi) is 5.02. The fraction of sp³-hybridized carbons (Fsp3) is 0.0500. The van der Waals surface area contributed by atoms with Crippen molar-refractivity contribution in [3.05, 3.63) is 115 Å². The van der Waals surface area contributed by atoms with Crippen LogP contribution in [-0.4, -0.2) is 0 Å². The Bertz CT molecular complexity index is 563. The second kappa shape index (κ2) is 6.77. The van der Waals surface area contributed by atoms with E-state index in [-0.39, 0.29) is 22.8 Å². The Morgan fingerprint density at radius 1 is 0.476 bits per heavy atom. The first-order valence-corrected chi connectivity index (χ1v) is 6.84. The maximum absolute atomic E-state index is 4.58. The van der Waals surface area contributed by atoms with Gasteiger partial charge in [-0.05, 0) is 0 Å². The Morgan fingerprint density at radius 3 is 0.952 bits per heavy atom. The molecule has 0 nitrogen and oxygen atoms in total. The largest absolute Gasteiger partial charge is 0.324 e. The molecule has 21 heavy (non-hydrogen) atoms. The molecule has 0 N–H and O–H groups in total. The molecule has 0 fully saturated rings. The van der Waals surface area contributed by atoms with Crippen molar-refractivity contribution in [1.82, 2.24) is 0 Å². The fourth-order valence-corrected chi connectivity index (χ4v) is 2.67. The number of hydrogen-bond acceptors (Lipinski definition) is 0. The van der Waals surface area contributed by atoms with Gasteiger partial charge in [0.2, 0.25) is 0 Å². The van der Waals surface area contributed by atoms with Gasteiger partial charge in [0.05, 0.1) is 0 Å². The van der Waals surface area contributed by atoms with E-state index in [1.165, 1.54) is 16.7 Å². The summed E-state index contributed by atoms with van der Waals surface area (Å²) in [6.45, 7) is 4.58. The SMILES string of the molecule is [CH2-]C(c1ccccc1)(c1ccccc1)c1ccccc1.[Cr]. The summed E-state index contributed by atoms with van der Waals surface area (Å²) in [6, 6.07) is 31.4. The summed E-state index contributed by atoms with van der Waals surface area (Å²) in [5.41, 5.74) is 3.25. The van der Waals surface area contributed by atoms with Crippen molar-refractivity contribution in [2.75, 3.05) is 0 Å². The van der Waals surface area contributed by atoms with Crippen LogP contribution in [0.2, 0.25) is 0 Å². The Hall–Kier alpha value is -1.81. The van der Waals surface area contributed by atoms with E-state index >= 15 is 0 Å². The summed E-state index contributed by atoms with van der Waals surface area (Å²) in [6.07, 6.45) is 0. The zero-order chi connectivity index (χ0) is 13.8. The van der Waals surface area contributed by atoms with Crippen molar-refractivity contribution in [3.8, 4) is 0 Å². The molecule has 0 saturated heterocycles. The van der Waals surface area contributed by atoms with Gasteiger partial charge in [-0.25, -0.2) is 0 Å². The summed E-state index contributed by atoms with van der Waals surface area (Å²) in [4.78, 5) is 0. The van der Waals surface area contributed by atoms with Gasteiger partial charge in [-0.1, -0.05) is 113 Å². The molecule has 0 bridgehead atoms. The molecule has 0 atom stereocenters. The number of rotatable bonds is 3. The third-order valence-corrected chi connectivity index (χ3v) is 3.80. The summed E-state index contributed by atoms with van der Waals surface area (Å²) in [5, 5.41) is 0.